The van der Waals surface area contributed by atoms with E-state index in [4.69, 9.17) is 4.74 Å². The molecule has 1 aromatic rings. The Labute approximate surface area is 101 Å². The van der Waals surface area contributed by atoms with E-state index in [0.29, 0.717) is 18.3 Å². The molecule has 0 aromatic heterocycles. The number of rotatable bonds is 6. The highest BCUT2D eigenvalue weighted by Crippen LogP contribution is 2.21. The molecule has 1 fully saturated rings. The van der Waals surface area contributed by atoms with Gasteiger partial charge < -0.3 is 10.1 Å². The van der Waals surface area contributed by atoms with Gasteiger partial charge in [-0.05, 0) is 37.5 Å². The second-order valence-electron chi connectivity index (χ2n) is 4.51. The summed E-state index contributed by atoms with van der Waals surface area (Å²) < 4.78 is 18.9. The third kappa shape index (κ3) is 3.86. The van der Waals surface area contributed by atoms with Gasteiger partial charge in [0, 0.05) is 18.7 Å². The standard InChI is InChI=1S/C14H18FNO/c1-3-10(2)17-14-7-11(6-12(15)8-14)9-16-13-4-5-13/h3,6-8,10,13,16H,1,4-5,9H2,2H3. The van der Waals surface area contributed by atoms with Gasteiger partial charge in [-0.3, -0.25) is 0 Å². The maximum Gasteiger partial charge on any atom is 0.127 e. The molecule has 0 radical (unpaired) electrons. The molecule has 0 heterocycles. The van der Waals surface area contributed by atoms with E-state index in [1.807, 2.05) is 13.0 Å². The van der Waals surface area contributed by atoms with Gasteiger partial charge in [0.25, 0.3) is 0 Å². The molecule has 3 heteroatoms. The van der Waals surface area contributed by atoms with Crippen LogP contribution in [0.3, 0.4) is 0 Å². The van der Waals surface area contributed by atoms with Crippen molar-refractivity contribution in [3.8, 4) is 5.75 Å². The van der Waals surface area contributed by atoms with Crippen molar-refractivity contribution < 1.29 is 9.13 Å². The molecule has 0 aliphatic heterocycles. The zero-order chi connectivity index (χ0) is 12.3. The highest BCUT2D eigenvalue weighted by atomic mass is 19.1. The van der Waals surface area contributed by atoms with E-state index in [2.05, 4.69) is 11.9 Å². The molecule has 1 N–H and O–H groups in total. The first-order valence-electron chi connectivity index (χ1n) is 5.99. The summed E-state index contributed by atoms with van der Waals surface area (Å²) in [4.78, 5) is 0. The third-order valence-electron chi connectivity index (χ3n) is 2.76. The van der Waals surface area contributed by atoms with Crippen molar-refractivity contribution in [1.82, 2.24) is 5.32 Å². The van der Waals surface area contributed by atoms with Crippen molar-refractivity contribution >= 4 is 0 Å². The minimum atomic E-state index is -0.258. The minimum Gasteiger partial charge on any atom is -0.487 e. The van der Waals surface area contributed by atoms with Gasteiger partial charge in [-0.25, -0.2) is 4.39 Å². The van der Waals surface area contributed by atoms with Crippen LogP contribution in [0.5, 0.6) is 5.75 Å². The van der Waals surface area contributed by atoms with Gasteiger partial charge >= 0.3 is 0 Å². The minimum absolute atomic E-state index is 0.110. The Bertz CT molecular complexity index is 401. The van der Waals surface area contributed by atoms with E-state index in [9.17, 15) is 4.39 Å². The van der Waals surface area contributed by atoms with Crippen LogP contribution in [0, 0.1) is 5.82 Å². The zero-order valence-electron chi connectivity index (χ0n) is 10.1. The van der Waals surface area contributed by atoms with Crippen LogP contribution in [0.25, 0.3) is 0 Å². The van der Waals surface area contributed by atoms with Crippen molar-refractivity contribution in [1.29, 1.82) is 0 Å². The van der Waals surface area contributed by atoms with E-state index in [1.54, 1.807) is 12.1 Å². The molecule has 1 aliphatic rings. The van der Waals surface area contributed by atoms with Gasteiger partial charge in [-0.1, -0.05) is 12.7 Å². The van der Waals surface area contributed by atoms with Gasteiger partial charge in [-0.15, -0.1) is 0 Å². The molecular weight excluding hydrogens is 217 g/mol. The molecule has 0 amide bonds. The van der Waals surface area contributed by atoms with Crippen molar-refractivity contribution in [2.45, 2.75) is 38.5 Å². The lowest BCUT2D eigenvalue weighted by Gasteiger charge is -2.12. The monoisotopic (exact) mass is 235 g/mol. The number of hydrogen-bond donors (Lipinski definition) is 1. The first kappa shape index (κ1) is 12.1. The van der Waals surface area contributed by atoms with Crippen LogP contribution in [0.2, 0.25) is 0 Å². The predicted octanol–water partition coefficient (Wildman–Crippen LogP) is 3.03. The van der Waals surface area contributed by atoms with Crippen LogP contribution in [0.1, 0.15) is 25.3 Å². The van der Waals surface area contributed by atoms with E-state index in [0.717, 1.165) is 5.56 Å². The molecular formula is C14H18FNO. The fourth-order valence-electron chi connectivity index (χ4n) is 1.60. The van der Waals surface area contributed by atoms with Gasteiger partial charge in [0.1, 0.15) is 17.7 Å². The predicted molar refractivity (Wildman–Crippen MR) is 66.5 cm³/mol. The second-order valence-corrected chi connectivity index (χ2v) is 4.51. The molecule has 92 valence electrons. The molecule has 1 aliphatic carbocycles. The molecule has 0 spiro atoms. The maximum absolute atomic E-state index is 13.4. The quantitative estimate of drug-likeness (QED) is 0.765. The van der Waals surface area contributed by atoms with Crippen molar-refractivity contribution in [3.63, 3.8) is 0 Å². The number of ether oxygens (including phenoxy) is 1. The normalized spacial score (nSPS) is 16.6. The van der Waals surface area contributed by atoms with Gasteiger partial charge in [-0.2, -0.15) is 0 Å². The maximum atomic E-state index is 13.4. The molecule has 2 nitrogen and oxygen atoms in total. The summed E-state index contributed by atoms with van der Waals surface area (Å²) in [6, 6.07) is 5.44. The fraction of sp³-hybridized carbons (Fsp3) is 0.429. The molecule has 1 unspecified atom stereocenters. The Morgan fingerprint density at radius 1 is 1.53 bits per heavy atom. The summed E-state index contributed by atoms with van der Waals surface area (Å²) in [5.41, 5.74) is 0.920. The summed E-state index contributed by atoms with van der Waals surface area (Å²) in [5, 5.41) is 3.35. The number of benzene rings is 1. The molecule has 1 aromatic carbocycles. The Balaban J connectivity index is 2.01. The third-order valence-corrected chi connectivity index (χ3v) is 2.76. The Hall–Kier alpha value is -1.35. The Morgan fingerprint density at radius 2 is 2.29 bits per heavy atom. The first-order valence-corrected chi connectivity index (χ1v) is 5.99. The summed E-state index contributed by atoms with van der Waals surface area (Å²) in [6.07, 6.45) is 4.03. The van der Waals surface area contributed by atoms with Gasteiger partial charge in [0.05, 0.1) is 0 Å². The van der Waals surface area contributed by atoms with E-state index >= 15 is 0 Å². The van der Waals surface area contributed by atoms with Gasteiger partial charge in [0.15, 0.2) is 0 Å². The second kappa shape index (κ2) is 5.32. The molecule has 0 saturated heterocycles. The van der Waals surface area contributed by atoms with Crippen molar-refractivity contribution in [2.75, 3.05) is 0 Å². The van der Waals surface area contributed by atoms with Gasteiger partial charge in [0.2, 0.25) is 0 Å². The summed E-state index contributed by atoms with van der Waals surface area (Å²) in [6.45, 7) is 6.21. The molecule has 17 heavy (non-hydrogen) atoms. The highest BCUT2D eigenvalue weighted by Gasteiger charge is 2.20. The lowest BCUT2D eigenvalue weighted by atomic mass is 10.2. The topological polar surface area (TPSA) is 21.3 Å². The van der Waals surface area contributed by atoms with E-state index < -0.39 is 0 Å². The van der Waals surface area contributed by atoms with Crippen LogP contribution in [0.15, 0.2) is 30.9 Å². The van der Waals surface area contributed by atoms with Crippen molar-refractivity contribution in [2.24, 2.45) is 0 Å². The lowest BCUT2D eigenvalue weighted by molar-refractivity contribution is 0.268. The van der Waals surface area contributed by atoms with Crippen LogP contribution >= 0.6 is 0 Å². The van der Waals surface area contributed by atoms with Crippen LogP contribution in [-0.2, 0) is 6.54 Å². The molecule has 1 saturated carbocycles. The SMILES string of the molecule is C=CC(C)Oc1cc(F)cc(CNC2CC2)c1. The van der Waals surface area contributed by atoms with E-state index in [-0.39, 0.29) is 11.9 Å². The first-order chi connectivity index (χ1) is 8.17. The average molecular weight is 235 g/mol. The largest absolute Gasteiger partial charge is 0.487 e. The molecule has 0 bridgehead atoms. The average Bonchev–Trinajstić information content (AvgIpc) is 3.09. The zero-order valence-corrected chi connectivity index (χ0v) is 10.1. The van der Waals surface area contributed by atoms with Crippen LogP contribution in [0.4, 0.5) is 4.39 Å². The van der Waals surface area contributed by atoms with Crippen LogP contribution in [-0.4, -0.2) is 12.1 Å². The summed E-state index contributed by atoms with van der Waals surface area (Å²) in [7, 11) is 0. The summed E-state index contributed by atoms with van der Waals surface area (Å²) >= 11 is 0. The van der Waals surface area contributed by atoms with Crippen LogP contribution < -0.4 is 10.1 Å². The Kier molecular flexibility index (Phi) is 3.79. The lowest BCUT2D eigenvalue weighted by Crippen LogP contribution is -2.15. The smallest absolute Gasteiger partial charge is 0.127 e. The summed E-state index contributed by atoms with van der Waals surface area (Å²) in [5.74, 6) is 0.302. The van der Waals surface area contributed by atoms with E-state index in [1.165, 1.54) is 18.9 Å². The number of nitrogens with one attached hydrogen (secondary N) is 1. The molecule has 2 rings (SSSR count). The number of hydrogen-bond acceptors (Lipinski definition) is 2. The van der Waals surface area contributed by atoms with Crippen molar-refractivity contribution in [3.05, 3.63) is 42.2 Å². The highest BCUT2D eigenvalue weighted by molar-refractivity contribution is 5.30. The molecule has 1 atom stereocenters. The fourth-order valence-corrected chi connectivity index (χ4v) is 1.60. The number of halogens is 1. The Morgan fingerprint density at radius 3 is 2.94 bits per heavy atom.